The number of nitrogens with two attached hydrogens (primary N) is 1. The normalized spacial score (nSPS) is 14.2. The Hall–Kier alpha value is -4.26. The summed E-state index contributed by atoms with van der Waals surface area (Å²) in [5.41, 5.74) is 6.21. The SMILES string of the molecule is CC(C)[C@H](NC(=O)CCCN1C(=O)C=CC1=O)C(=O)N[C@@H](CCCNC(N)=O)C(=O)Nc1ccc(CO)cc1. The summed E-state index contributed by atoms with van der Waals surface area (Å²) in [5, 5.41) is 19.7. The van der Waals surface area contributed by atoms with E-state index in [9.17, 15) is 33.9 Å². The molecule has 0 saturated carbocycles. The molecule has 0 radical (unpaired) electrons. The van der Waals surface area contributed by atoms with Gasteiger partial charge in [0.15, 0.2) is 0 Å². The molecule has 0 saturated heterocycles. The Morgan fingerprint density at radius 1 is 0.949 bits per heavy atom. The van der Waals surface area contributed by atoms with Gasteiger partial charge in [0, 0.05) is 37.3 Å². The lowest BCUT2D eigenvalue weighted by Crippen LogP contribution is -2.54. The van der Waals surface area contributed by atoms with Crippen LogP contribution >= 0.6 is 0 Å². The summed E-state index contributed by atoms with van der Waals surface area (Å²) in [4.78, 5) is 74.0. The van der Waals surface area contributed by atoms with Gasteiger partial charge in [0.1, 0.15) is 12.1 Å². The van der Waals surface area contributed by atoms with Crippen molar-refractivity contribution in [2.75, 3.05) is 18.4 Å². The maximum absolute atomic E-state index is 13.2. The Kier molecular flexibility index (Phi) is 12.1. The molecule has 2 atom stereocenters. The molecule has 1 aromatic rings. The average molecular weight is 545 g/mol. The molecule has 0 aromatic heterocycles. The highest BCUT2D eigenvalue weighted by atomic mass is 16.3. The Balaban J connectivity index is 1.99. The first kappa shape index (κ1) is 31.0. The lowest BCUT2D eigenvalue weighted by Gasteiger charge is -2.25. The molecular weight excluding hydrogens is 508 g/mol. The summed E-state index contributed by atoms with van der Waals surface area (Å²) in [6, 6.07) is 3.90. The average Bonchev–Trinajstić information content (AvgIpc) is 3.21. The van der Waals surface area contributed by atoms with Crippen molar-refractivity contribution in [2.45, 2.75) is 58.2 Å². The number of primary amides is 1. The number of carbonyl (C=O) groups is 6. The largest absolute Gasteiger partial charge is 0.392 e. The van der Waals surface area contributed by atoms with Gasteiger partial charge in [-0.15, -0.1) is 0 Å². The minimum Gasteiger partial charge on any atom is -0.392 e. The zero-order valence-corrected chi connectivity index (χ0v) is 22.1. The van der Waals surface area contributed by atoms with E-state index in [1.54, 1.807) is 38.1 Å². The summed E-state index contributed by atoms with van der Waals surface area (Å²) >= 11 is 0. The molecule has 39 heavy (non-hydrogen) atoms. The highest BCUT2D eigenvalue weighted by molar-refractivity contribution is 6.12. The van der Waals surface area contributed by atoms with Crippen LogP contribution in [-0.4, -0.2) is 70.7 Å². The van der Waals surface area contributed by atoms with Crippen molar-refractivity contribution in [1.82, 2.24) is 20.9 Å². The second-order valence-electron chi connectivity index (χ2n) is 9.39. The summed E-state index contributed by atoms with van der Waals surface area (Å²) in [5.74, 6) is -2.68. The molecule has 2 rings (SSSR count). The molecule has 13 nitrogen and oxygen atoms in total. The number of hydrogen-bond donors (Lipinski definition) is 6. The first-order valence-corrected chi connectivity index (χ1v) is 12.7. The van der Waals surface area contributed by atoms with Crippen LogP contribution in [0.5, 0.6) is 0 Å². The molecule has 212 valence electrons. The van der Waals surface area contributed by atoms with Crippen LogP contribution in [0.2, 0.25) is 0 Å². The van der Waals surface area contributed by atoms with Crippen molar-refractivity contribution in [3.63, 3.8) is 0 Å². The van der Waals surface area contributed by atoms with E-state index in [1.807, 2.05) is 0 Å². The summed E-state index contributed by atoms with van der Waals surface area (Å²) in [7, 11) is 0. The van der Waals surface area contributed by atoms with E-state index in [0.29, 0.717) is 17.7 Å². The van der Waals surface area contributed by atoms with Crippen molar-refractivity contribution >= 4 is 41.3 Å². The molecule has 1 aromatic carbocycles. The van der Waals surface area contributed by atoms with E-state index >= 15 is 0 Å². The fraction of sp³-hybridized carbons (Fsp3) is 0.462. The highest BCUT2D eigenvalue weighted by Gasteiger charge is 2.29. The topological polar surface area (TPSA) is 200 Å². The predicted octanol–water partition coefficient (Wildman–Crippen LogP) is -0.103. The zero-order valence-electron chi connectivity index (χ0n) is 22.1. The molecule has 0 aliphatic carbocycles. The van der Waals surface area contributed by atoms with Crippen LogP contribution in [0.1, 0.15) is 45.1 Å². The van der Waals surface area contributed by atoms with Crippen LogP contribution in [0.3, 0.4) is 0 Å². The molecular formula is C26H36N6O7. The molecule has 0 spiro atoms. The third-order valence-corrected chi connectivity index (χ3v) is 5.96. The van der Waals surface area contributed by atoms with E-state index in [-0.39, 0.29) is 44.9 Å². The smallest absolute Gasteiger partial charge is 0.312 e. The van der Waals surface area contributed by atoms with Gasteiger partial charge in [-0.05, 0) is 42.9 Å². The molecule has 7 amide bonds. The molecule has 13 heteroatoms. The first-order chi connectivity index (χ1) is 18.5. The van der Waals surface area contributed by atoms with Crippen LogP contribution < -0.4 is 27.0 Å². The summed E-state index contributed by atoms with van der Waals surface area (Å²) in [6.07, 6.45) is 3.07. The van der Waals surface area contributed by atoms with E-state index < -0.39 is 47.7 Å². The van der Waals surface area contributed by atoms with Crippen molar-refractivity contribution in [2.24, 2.45) is 11.7 Å². The molecule has 0 unspecified atom stereocenters. The number of imide groups is 1. The molecule has 1 aliphatic heterocycles. The van der Waals surface area contributed by atoms with Crippen LogP contribution in [0.15, 0.2) is 36.4 Å². The number of nitrogens with zero attached hydrogens (tertiary/aromatic N) is 1. The fourth-order valence-corrected chi connectivity index (χ4v) is 3.80. The van der Waals surface area contributed by atoms with Gasteiger partial charge in [-0.2, -0.15) is 0 Å². The van der Waals surface area contributed by atoms with Gasteiger partial charge in [0.2, 0.25) is 17.7 Å². The van der Waals surface area contributed by atoms with Gasteiger partial charge < -0.3 is 32.1 Å². The van der Waals surface area contributed by atoms with Crippen molar-refractivity contribution in [3.05, 3.63) is 42.0 Å². The van der Waals surface area contributed by atoms with E-state index in [4.69, 9.17) is 5.73 Å². The number of amides is 7. The molecule has 0 bridgehead atoms. The van der Waals surface area contributed by atoms with Gasteiger partial charge in [0.25, 0.3) is 11.8 Å². The quantitative estimate of drug-likeness (QED) is 0.131. The Morgan fingerprint density at radius 3 is 2.15 bits per heavy atom. The third-order valence-electron chi connectivity index (χ3n) is 5.96. The number of hydrogen-bond acceptors (Lipinski definition) is 7. The lowest BCUT2D eigenvalue weighted by molar-refractivity contribution is -0.137. The standard InChI is InChI=1S/C26H36N6O7/c1-16(2)23(31-20(34)6-4-14-32-21(35)11-12-22(32)36)25(38)30-19(5-3-13-28-26(27)39)24(37)29-18-9-7-17(15-33)8-10-18/h7-12,16,19,23,33H,3-6,13-15H2,1-2H3,(H,29,37)(H,30,38)(H,31,34)(H3,27,28,39)/t19-,23-/m0/s1. The number of rotatable bonds is 15. The van der Waals surface area contributed by atoms with Crippen molar-refractivity contribution < 1.29 is 33.9 Å². The molecule has 0 fully saturated rings. The fourth-order valence-electron chi connectivity index (χ4n) is 3.80. The van der Waals surface area contributed by atoms with Gasteiger partial charge in [-0.25, -0.2) is 4.79 Å². The Bertz CT molecular complexity index is 1070. The Labute approximate surface area is 226 Å². The lowest BCUT2D eigenvalue weighted by atomic mass is 10.0. The van der Waals surface area contributed by atoms with Crippen molar-refractivity contribution in [3.8, 4) is 0 Å². The van der Waals surface area contributed by atoms with Crippen LogP contribution in [0.25, 0.3) is 0 Å². The number of anilines is 1. The number of aliphatic hydroxyl groups excluding tert-OH is 1. The second-order valence-corrected chi connectivity index (χ2v) is 9.39. The van der Waals surface area contributed by atoms with Gasteiger partial charge in [-0.1, -0.05) is 26.0 Å². The molecule has 7 N–H and O–H groups in total. The number of urea groups is 1. The van der Waals surface area contributed by atoms with E-state index in [2.05, 4.69) is 21.3 Å². The third kappa shape index (κ3) is 10.2. The maximum Gasteiger partial charge on any atom is 0.312 e. The molecule has 1 heterocycles. The number of benzene rings is 1. The van der Waals surface area contributed by atoms with Crippen molar-refractivity contribution in [1.29, 1.82) is 0 Å². The van der Waals surface area contributed by atoms with Crippen LogP contribution in [0, 0.1) is 5.92 Å². The zero-order chi connectivity index (χ0) is 28.9. The van der Waals surface area contributed by atoms with Gasteiger partial charge >= 0.3 is 6.03 Å². The maximum atomic E-state index is 13.2. The summed E-state index contributed by atoms with van der Waals surface area (Å²) < 4.78 is 0. The van der Waals surface area contributed by atoms with Crippen LogP contribution in [0.4, 0.5) is 10.5 Å². The minimum atomic E-state index is -0.984. The Morgan fingerprint density at radius 2 is 1.59 bits per heavy atom. The van der Waals surface area contributed by atoms with Gasteiger partial charge in [0.05, 0.1) is 6.61 Å². The predicted molar refractivity (Wildman–Crippen MR) is 142 cm³/mol. The van der Waals surface area contributed by atoms with E-state index in [0.717, 1.165) is 4.90 Å². The number of aliphatic hydroxyl groups is 1. The highest BCUT2D eigenvalue weighted by Crippen LogP contribution is 2.12. The number of nitrogens with one attached hydrogen (secondary N) is 4. The minimum absolute atomic E-state index is 0.0138. The monoisotopic (exact) mass is 544 g/mol. The summed E-state index contributed by atoms with van der Waals surface area (Å²) in [6.45, 7) is 3.62. The number of carbonyl (C=O) groups excluding carboxylic acids is 6. The second kappa shape index (κ2) is 15.2. The first-order valence-electron chi connectivity index (χ1n) is 12.7. The van der Waals surface area contributed by atoms with E-state index in [1.165, 1.54) is 12.2 Å². The molecule has 1 aliphatic rings. The van der Waals surface area contributed by atoms with Gasteiger partial charge in [-0.3, -0.25) is 28.9 Å². The van der Waals surface area contributed by atoms with Crippen LogP contribution in [-0.2, 0) is 30.6 Å².